The van der Waals surface area contributed by atoms with Gasteiger partial charge in [0.05, 0.1) is 20.3 Å². The third-order valence-corrected chi connectivity index (χ3v) is 5.60. The Morgan fingerprint density at radius 1 is 1.27 bits per heavy atom. The number of rotatable bonds is 2. The molecule has 3 aliphatic heterocycles. The molecule has 140 valence electrons. The monoisotopic (exact) mass is 362 g/mol. The van der Waals surface area contributed by atoms with E-state index < -0.39 is 11.4 Å². The molecule has 2 atom stereocenters. The summed E-state index contributed by atoms with van der Waals surface area (Å²) in [4.78, 5) is 28.4. The lowest BCUT2D eigenvalue weighted by molar-refractivity contribution is -0.151. The molecular formula is C18H22N2O6. The Bertz CT molecular complexity index is 732. The van der Waals surface area contributed by atoms with Gasteiger partial charge < -0.3 is 29.1 Å². The van der Waals surface area contributed by atoms with Crippen molar-refractivity contribution in [2.75, 3.05) is 53.1 Å². The zero-order valence-corrected chi connectivity index (χ0v) is 14.6. The van der Waals surface area contributed by atoms with Gasteiger partial charge in [0.1, 0.15) is 12.0 Å². The summed E-state index contributed by atoms with van der Waals surface area (Å²) in [7, 11) is 1.56. The number of fused-ring (bicyclic) bond motifs is 3. The van der Waals surface area contributed by atoms with Gasteiger partial charge in [0, 0.05) is 37.7 Å². The lowest BCUT2D eigenvalue weighted by Crippen LogP contribution is -2.49. The van der Waals surface area contributed by atoms with Crippen molar-refractivity contribution in [3.63, 3.8) is 0 Å². The number of carboxylic acid groups (broad SMARTS) is 1. The molecule has 3 aliphatic rings. The van der Waals surface area contributed by atoms with Gasteiger partial charge in [0.15, 0.2) is 11.5 Å². The van der Waals surface area contributed by atoms with Crippen molar-refractivity contribution in [2.24, 2.45) is 5.41 Å². The van der Waals surface area contributed by atoms with Crippen LogP contribution < -0.4 is 9.47 Å². The average molecular weight is 362 g/mol. The quantitative estimate of drug-likeness (QED) is 0.845. The van der Waals surface area contributed by atoms with Crippen molar-refractivity contribution in [3.05, 3.63) is 23.8 Å². The smallest absolute Gasteiger partial charge is 0.320 e. The normalized spacial score (nSPS) is 27.3. The first kappa shape index (κ1) is 17.0. The molecule has 2 saturated heterocycles. The van der Waals surface area contributed by atoms with Crippen LogP contribution in [0.5, 0.6) is 11.5 Å². The number of hydrogen-bond donors (Lipinski definition) is 1. The number of morpholine rings is 1. The second-order valence-electron chi connectivity index (χ2n) is 6.94. The molecule has 0 bridgehead atoms. The first-order valence-corrected chi connectivity index (χ1v) is 8.71. The molecule has 2 fully saturated rings. The van der Waals surface area contributed by atoms with E-state index in [-0.39, 0.29) is 25.1 Å². The van der Waals surface area contributed by atoms with E-state index in [4.69, 9.17) is 14.2 Å². The summed E-state index contributed by atoms with van der Waals surface area (Å²) in [6.07, 6.45) is 0. The fraction of sp³-hybridized carbons (Fsp3) is 0.556. The Balaban J connectivity index is 1.67. The van der Waals surface area contributed by atoms with Gasteiger partial charge in [-0.15, -0.1) is 0 Å². The van der Waals surface area contributed by atoms with Crippen LogP contribution in [0.25, 0.3) is 0 Å². The summed E-state index contributed by atoms with van der Waals surface area (Å²) in [5, 5.41) is 9.98. The van der Waals surface area contributed by atoms with E-state index in [1.165, 1.54) is 0 Å². The van der Waals surface area contributed by atoms with E-state index in [2.05, 4.69) is 0 Å². The Morgan fingerprint density at radius 2 is 2.04 bits per heavy atom. The first-order valence-electron chi connectivity index (χ1n) is 8.71. The van der Waals surface area contributed by atoms with Gasteiger partial charge in [-0.05, 0) is 6.07 Å². The zero-order valence-electron chi connectivity index (χ0n) is 14.6. The molecule has 0 aliphatic carbocycles. The topological polar surface area (TPSA) is 88.5 Å². The van der Waals surface area contributed by atoms with E-state index >= 15 is 0 Å². The van der Waals surface area contributed by atoms with E-state index in [1.807, 2.05) is 12.1 Å². The van der Waals surface area contributed by atoms with Crippen LogP contribution in [0.4, 0.5) is 4.79 Å². The van der Waals surface area contributed by atoms with Gasteiger partial charge in [-0.1, -0.05) is 12.1 Å². The van der Waals surface area contributed by atoms with Crippen LogP contribution in [0, 0.1) is 5.41 Å². The SMILES string of the molecule is COc1cccc2c1OC[C@@]1(C(=O)O)CN(C(=O)N3CCOCC3)C[C@@H]21. The number of benzene rings is 1. The van der Waals surface area contributed by atoms with Crippen LogP contribution in [0.3, 0.4) is 0 Å². The second kappa shape index (κ2) is 6.35. The zero-order chi connectivity index (χ0) is 18.3. The Hall–Kier alpha value is -2.48. The van der Waals surface area contributed by atoms with E-state index in [0.29, 0.717) is 44.3 Å². The molecule has 0 aromatic heterocycles. The lowest BCUT2D eigenvalue weighted by atomic mass is 9.73. The maximum Gasteiger partial charge on any atom is 0.320 e. The maximum absolute atomic E-state index is 12.9. The minimum Gasteiger partial charge on any atom is -0.493 e. The van der Waals surface area contributed by atoms with E-state index in [1.54, 1.807) is 23.0 Å². The molecule has 0 spiro atoms. The van der Waals surface area contributed by atoms with Crippen molar-refractivity contribution >= 4 is 12.0 Å². The van der Waals surface area contributed by atoms with Crippen LogP contribution in [0.15, 0.2) is 18.2 Å². The summed E-state index contributed by atoms with van der Waals surface area (Å²) >= 11 is 0. The number of ether oxygens (including phenoxy) is 3. The molecule has 8 heteroatoms. The summed E-state index contributed by atoms with van der Waals surface area (Å²) in [6.45, 7) is 2.59. The number of para-hydroxylation sites is 1. The average Bonchev–Trinajstić information content (AvgIpc) is 3.09. The number of hydrogen-bond acceptors (Lipinski definition) is 5. The number of likely N-dealkylation sites (tertiary alicyclic amines) is 1. The van der Waals surface area contributed by atoms with Crippen molar-refractivity contribution < 1.29 is 28.9 Å². The van der Waals surface area contributed by atoms with Crippen LogP contribution in [-0.2, 0) is 9.53 Å². The molecule has 2 amide bonds. The summed E-state index contributed by atoms with van der Waals surface area (Å²) in [5.41, 5.74) is -0.350. The fourth-order valence-corrected chi connectivity index (χ4v) is 4.15. The largest absolute Gasteiger partial charge is 0.493 e. The molecular weight excluding hydrogens is 340 g/mol. The second-order valence-corrected chi connectivity index (χ2v) is 6.94. The number of aliphatic carboxylic acids is 1. The fourth-order valence-electron chi connectivity index (χ4n) is 4.15. The van der Waals surface area contributed by atoms with Crippen LogP contribution in [0.2, 0.25) is 0 Å². The number of urea groups is 1. The van der Waals surface area contributed by atoms with Crippen molar-refractivity contribution in [1.82, 2.24) is 9.80 Å². The third-order valence-electron chi connectivity index (χ3n) is 5.60. The van der Waals surface area contributed by atoms with Gasteiger partial charge in [0.25, 0.3) is 0 Å². The molecule has 4 rings (SSSR count). The van der Waals surface area contributed by atoms with Gasteiger partial charge in [-0.2, -0.15) is 0 Å². The van der Waals surface area contributed by atoms with E-state index in [9.17, 15) is 14.7 Å². The van der Waals surface area contributed by atoms with Crippen molar-refractivity contribution in [2.45, 2.75) is 5.92 Å². The minimum atomic E-state index is -1.14. The first-order chi connectivity index (χ1) is 12.6. The summed E-state index contributed by atoms with van der Waals surface area (Å²) in [6, 6.07) is 5.35. The summed E-state index contributed by atoms with van der Waals surface area (Å²) < 4.78 is 16.5. The maximum atomic E-state index is 12.9. The standard InChI is InChI=1S/C18H22N2O6/c1-24-14-4-2-3-12-13-9-20(17(23)19-5-7-25-8-6-19)10-18(13,16(21)22)11-26-15(12)14/h2-4,13H,5-11H2,1H3,(H,21,22)/t13-,18-/m0/s1. The molecule has 0 unspecified atom stereocenters. The number of nitrogens with zero attached hydrogens (tertiary/aromatic N) is 2. The van der Waals surface area contributed by atoms with Crippen LogP contribution in [0.1, 0.15) is 11.5 Å². The molecule has 1 aromatic carbocycles. The molecule has 1 aromatic rings. The van der Waals surface area contributed by atoms with Gasteiger partial charge in [-0.25, -0.2) is 4.79 Å². The van der Waals surface area contributed by atoms with Gasteiger partial charge >= 0.3 is 12.0 Å². The molecule has 1 N–H and O–H groups in total. The van der Waals surface area contributed by atoms with E-state index in [0.717, 1.165) is 5.56 Å². The number of carbonyl (C=O) groups is 2. The van der Waals surface area contributed by atoms with Gasteiger partial charge in [-0.3, -0.25) is 4.79 Å². The van der Waals surface area contributed by atoms with Crippen LogP contribution >= 0.6 is 0 Å². The highest BCUT2D eigenvalue weighted by atomic mass is 16.5. The predicted molar refractivity (Wildman–Crippen MR) is 90.7 cm³/mol. The minimum absolute atomic E-state index is 0.0211. The highest BCUT2D eigenvalue weighted by Crippen LogP contribution is 2.52. The molecule has 0 saturated carbocycles. The number of methoxy groups -OCH3 is 1. The Kier molecular flexibility index (Phi) is 4.14. The highest BCUT2D eigenvalue weighted by Gasteiger charge is 2.58. The number of carbonyl (C=O) groups excluding carboxylic acids is 1. The Labute approximate surface area is 151 Å². The van der Waals surface area contributed by atoms with Crippen molar-refractivity contribution in [3.8, 4) is 11.5 Å². The van der Waals surface area contributed by atoms with Crippen LogP contribution in [-0.4, -0.2) is 80.0 Å². The Morgan fingerprint density at radius 3 is 2.73 bits per heavy atom. The third kappa shape index (κ3) is 2.47. The van der Waals surface area contributed by atoms with Gasteiger partial charge in [0.2, 0.25) is 0 Å². The lowest BCUT2D eigenvalue weighted by Gasteiger charge is -2.36. The molecule has 0 radical (unpaired) electrons. The summed E-state index contributed by atoms with van der Waals surface area (Å²) in [5.74, 6) is -0.103. The predicted octanol–water partition coefficient (Wildman–Crippen LogP) is 1.01. The molecule has 3 heterocycles. The molecule has 8 nitrogen and oxygen atoms in total. The number of carboxylic acids is 1. The number of amides is 2. The molecule has 26 heavy (non-hydrogen) atoms. The highest BCUT2D eigenvalue weighted by molar-refractivity contribution is 5.82. The van der Waals surface area contributed by atoms with Crippen molar-refractivity contribution in [1.29, 1.82) is 0 Å².